The minimum atomic E-state index is -0.467. The third-order valence-electron chi connectivity index (χ3n) is 3.84. The molecule has 0 radical (unpaired) electrons. The molecule has 5 heteroatoms. The quantitative estimate of drug-likeness (QED) is 0.836. The highest BCUT2D eigenvalue weighted by Gasteiger charge is 2.45. The van der Waals surface area contributed by atoms with Crippen LogP contribution >= 0.6 is 0 Å². The maximum atomic E-state index is 12.8. The van der Waals surface area contributed by atoms with E-state index in [1.165, 1.54) is 5.06 Å². The van der Waals surface area contributed by atoms with E-state index in [0.29, 0.717) is 13.2 Å². The Kier molecular flexibility index (Phi) is 3.38. The Morgan fingerprint density at radius 3 is 2.79 bits per heavy atom. The molecule has 2 atom stereocenters. The van der Waals surface area contributed by atoms with Crippen molar-refractivity contribution < 1.29 is 14.0 Å². The third-order valence-corrected chi connectivity index (χ3v) is 3.84. The van der Waals surface area contributed by atoms with Crippen molar-refractivity contribution in [1.82, 2.24) is 9.96 Å². The summed E-state index contributed by atoms with van der Waals surface area (Å²) in [5.41, 5.74) is 1.02. The van der Waals surface area contributed by atoms with Crippen molar-refractivity contribution in [3.8, 4) is 0 Å². The standard InChI is InChI=1S/C14H17FN2O2/c15-8-12-6-7-13-9-16(12)14(18)17(13)19-10-11-4-2-1-3-5-11/h1-5,12-13H,6-10H2/t12-,13-/m0/s1. The summed E-state index contributed by atoms with van der Waals surface area (Å²) in [4.78, 5) is 19.4. The molecular weight excluding hydrogens is 247 g/mol. The number of hydroxylamine groups is 2. The monoisotopic (exact) mass is 264 g/mol. The second-order valence-electron chi connectivity index (χ2n) is 5.06. The molecule has 0 saturated carbocycles. The van der Waals surface area contributed by atoms with Gasteiger partial charge in [0.25, 0.3) is 0 Å². The molecule has 2 heterocycles. The average Bonchev–Trinajstić information content (AvgIpc) is 2.71. The number of piperidine rings is 1. The highest BCUT2D eigenvalue weighted by atomic mass is 19.1. The van der Waals surface area contributed by atoms with Gasteiger partial charge < -0.3 is 4.90 Å². The van der Waals surface area contributed by atoms with E-state index in [1.807, 2.05) is 30.3 Å². The lowest BCUT2D eigenvalue weighted by molar-refractivity contribution is -0.140. The van der Waals surface area contributed by atoms with Crippen molar-refractivity contribution >= 4 is 6.03 Å². The predicted molar refractivity (Wildman–Crippen MR) is 68.0 cm³/mol. The summed E-state index contributed by atoms with van der Waals surface area (Å²) in [6, 6.07) is 9.33. The van der Waals surface area contributed by atoms with Crippen LogP contribution in [0.25, 0.3) is 0 Å². The molecule has 2 saturated heterocycles. The van der Waals surface area contributed by atoms with Crippen molar-refractivity contribution in [3.05, 3.63) is 35.9 Å². The van der Waals surface area contributed by atoms with Crippen LogP contribution in [0.4, 0.5) is 9.18 Å². The first-order chi connectivity index (χ1) is 9.29. The molecule has 2 fully saturated rings. The molecule has 0 unspecified atom stereocenters. The van der Waals surface area contributed by atoms with Crippen LogP contribution in [0.1, 0.15) is 18.4 Å². The van der Waals surface area contributed by atoms with Crippen LogP contribution in [-0.2, 0) is 11.4 Å². The molecule has 0 N–H and O–H groups in total. The first-order valence-corrected chi connectivity index (χ1v) is 6.62. The van der Waals surface area contributed by atoms with Gasteiger partial charge in [-0.3, -0.25) is 4.84 Å². The number of benzene rings is 1. The average molecular weight is 264 g/mol. The lowest BCUT2D eigenvalue weighted by atomic mass is 10.0. The molecule has 4 nitrogen and oxygen atoms in total. The van der Waals surface area contributed by atoms with Gasteiger partial charge in [-0.1, -0.05) is 30.3 Å². The van der Waals surface area contributed by atoms with Gasteiger partial charge in [0.1, 0.15) is 13.3 Å². The Morgan fingerprint density at radius 2 is 2.05 bits per heavy atom. The van der Waals surface area contributed by atoms with Crippen molar-refractivity contribution in [2.45, 2.75) is 31.5 Å². The van der Waals surface area contributed by atoms with Crippen molar-refractivity contribution in [3.63, 3.8) is 0 Å². The molecule has 2 aliphatic rings. The summed E-state index contributed by atoms with van der Waals surface area (Å²) in [6.45, 7) is 0.490. The molecule has 102 valence electrons. The Balaban J connectivity index is 1.64. The lowest BCUT2D eigenvalue weighted by Gasteiger charge is -2.27. The number of rotatable bonds is 4. The van der Waals surface area contributed by atoms with Gasteiger partial charge in [0.2, 0.25) is 0 Å². The maximum absolute atomic E-state index is 12.8. The molecule has 2 bridgehead atoms. The van der Waals surface area contributed by atoms with E-state index in [2.05, 4.69) is 0 Å². The van der Waals surface area contributed by atoms with E-state index in [0.717, 1.165) is 18.4 Å². The number of hydrogen-bond donors (Lipinski definition) is 0. The SMILES string of the molecule is O=C1N2C[C@H](CC[C@H]2CF)N1OCc1ccccc1. The van der Waals surface area contributed by atoms with Gasteiger partial charge in [0.05, 0.1) is 12.1 Å². The first-order valence-electron chi connectivity index (χ1n) is 6.62. The van der Waals surface area contributed by atoms with Gasteiger partial charge in [0, 0.05) is 6.54 Å². The van der Waals surface area contributed by atoms with Crippen LogP contribution in [0, 0.1) is 0 Å². The van der Waals surface area contributed by atoms with Gasteiger partial charge in [-0.15, -0.1) is 0 Å². The summed E-state index contributed by atoms with van der Waals surface area (Å²) in [5, 5.41) is 1.43. The fourth-order valence-corrected chi connectivity index (χ4v) is 2.76. The van der Waals surface area contributed by atoms with E-state index < -0.39 is 6.67 Å². The Hall–Kier alpha value is -1.62. The van der Waals surface area contributed by atoms with Crippen molar-refractivity contribution in [2.24, 2.45) is 0 Å². The summed E-state index contributed by atoms with van der Waals surface area (Å²) >= 11 is 0. The minimum Gasteiger partial charge on any atom is -0.315 e. The van der Waals surface area contributed by atoms with Gasteiger partial charge >= 0.3 is 6.03 Å². The molecule has 3 rings (SSSR count). The van der Waals surface area contributed by atoms with Crippen molar-refractivity contribution in [2.75, 3.05) is 13.2 Å². The minimum absolute atomic E-state index is 0.0685. The number of carbonyl (C=O) groups is 1. The van der Waals surface area contributed by atoms with Crippen LogP contribution in [0.2, 0.25) is 0 Å². The van der Waals surface area contributed by atoms with Gasteiger partial charge in [-0.05, 0) is 18.4 Å². The number of carbonyl (C=O) groups excluding carboxylic acids is 1. The van der Waals surface area contributed by atoms with E-state index in [-0.39, 0.29) is 18.1 Å². The number of urea groups is 1. The maximum Gasteiger partial charge on any atom is 0.344 e. The Morgan fingerprint density at radius 1 is 1.26 bits per heavy atom. The third kappa shape index (κ3) is 2.30. The molecular formula is C14H17FN2O2. The Labute approximate surface area is 111 Å². The largest absolute Gasteiger partial charge is 0.344 e. The topological polar surface area (TPSA) is 32.8 Å². The second kappa shape index (κ2) is 5.17. The molecule has 0 aromatic heterocycles. The highest BCUT2D eigenvalue weighted by molar-refractivity contribution is 5.76. The fraction of sp³-hybridized carbons (Fsp3) is 0.500. The van der Waals surface area contributed by atoms with E-state index in [4.69, 9.17) is 4.84 Å². The van der Waals surface area contributed by atoms with Gasteiger partial charge in [-0.2, -0.15) is 5.06 Å². The molecule has 0 spiro atoms. The van der Waals surface area contributed by atoms with E-state index in [1.54, 1.807) is 4.90 Å². The number of halogens is 1. The second-order valence-corrected chi connectivity index (χ2v) is 5.06. The van der Waals surface area contributed by atoms with Crippen LogP contribution in [0.15, 0.2) is 30.3 Å². The summed E-state index contributed by atoms with van der Waals surface area (Å²) < 4.78 is 12.8. The van der Waals surface area contributed by atoms with Crippen LogP contribution in [0.3, 0.4) is 0 Å². The summed E-state index contributed by atoms with van der Waals surface area (Å²) in [7, 11) is 0. The molecule has 1 aromatic rings. The highest BCUT2D eigenvalue weighted by Crippen LogP contribution is 2.30. The number of alkyl halides is 1. The number of fused-ring (bicyclic) bond motifs is 2. The van der Waals surface area contributed by atoms with Crippen LogP contribution in [-0.4, -0.2) is 41.3 Å². The van der Waals surface area contributed by atoms with Crippen LogP contribution < -0.4 is 0 Å². The summed E-state index contributed by atoms with van der Waals surface area (Å²) in [6.07, 6.45) is 1.53. The zero-order chi connectivity index (χ0) is 13.2. The predicted octanol–water partition coefficient (Wildman–Crippen LogP) is 2.36. The molecule has 19 heavy (non-hydrogen) atoms. The number of hydrogen-bond acceptors (Lipinski definition) is 2. The van der Waals surface area contributed by atoms with Gasteiger partial charge in [-0.25, -0.2) is 9.18 Å². The zero-order valence-corrected chi connectivity index (χ0v) is 10.7. The van der Waals surface area contributed by atoms with E-state index in [9.17, 15) is 9.18 Å². The first kappa shape index (κ1) is 12.4. The molecule has 2 aliphatic heterocycles. The number of amides is 2. The molecule has 2 amide bonds. The van der Waals surface area contributed by atoms with E-state index >= 15 is 0 Å². The summed E-state index contributed by atoms with van der Waals surface area (Å²) in [5.74, 6) is 0. The number of nitrogens with zero attached hydrogens (tertiary/aromatic N) is 2. The normalized spacial score (nSPS) is 26.1. The zero-order valence-electron chi connectivity index (χ0n) is 10.7. The molecule has 0 aliphatic carbocycles. The van der Waals surface area contributed by atoms with Crippen molar-refractivity contribution in [1.29, 1.82) is 0 Å². The lowest BCUT2D eigenvalue weighted by Crippen LogP contribution is -2.41. The van der Waals surface area contributed by atoms with Gasteiger partial charge in [0.15, 0.2) is 0 Å². The van der Waals surface area contributed by atoms with Crippen LogP contribution in [0.5, 0.6) is 0 Å². The molecule has 1 aromatic carbocycles. The smallest absolute Gasteiger partial charge is 0.315 e. The Bertz CT molecular complexity index is 454. The fourth-order valence-electron chi connectivity index (χ4n) is 2.76.